The van der Waals surface area contributed by atoms with Crippen LogP contribution in [0.25, 0.3) is 16.9 Å². The summed E-state index contributed by atoms with van der Waals surface area (Å²) in [5.41, 5.74) is 7.46. The zero-order valence-electron chi connectivity index (χ0n) is 15.4. The Kier molecular flexibility index (Phi) is 6.42. The van der Waals surface area contributed by atoms with Gasteiger partial charge in [-0.25, -0.2) is 4.68 Å². The molecule has 3 rings (SSSR count). The van der Waals surface area contributed by atoms with E-state index in [1.54, 1.807) is 36.4 Å². The van der Waals surface area contributed by atoms with Gasteiger partial charge in [-0.2, -0.15) is 18.3 Å². The van der Waals surface area contributed by atoms with Crippen molar-refractivity contribution >= 4 is 21.8 Å². The predicted molar refractivity (Wildman–Crippen MR) is 109 cm³/mol. The molecule has 0 aliphatic rings. The van der Waals surface area contributed by atoms with Crippen molar-refractivity contribution in [1.29, 1.82) is 0 Å². The molecule has 29 heavy (non-hydrogen) atoms. The Morgan fingerprint density at radius 2 is 1.66 bits per heavy atom. The van der Waals surface area contributed by atoms with Crippen molar-refractivity contribution in [3.05, 3.63) is 71.4 Å². The largest absolute Gasteiger partial charge is 0.435 e. The Balaban J connectivity index is 2.00. The van der Waals surface area contributed by atoms with Gasteiger partial charge in [0.15, 0.2) is 5.69 Å². The molecule has 0 unspecified atom stereocenters. The minimum absolute atomic E-state index is 0.0654. The number of aromatic nitrogens is 2. The lowest BCUT2D eigenvalue weighted by Gasteiger charge is -2.09. The highest BCUT2D eigenvalue weighted by atomic mass is 79.9. The molecule has 152 valence electrons. The number of hydrogen-bond donors (Lipinski definition) is 1. The molecule has 0 radical (unpaired) electrons. The number of primary amides is 1. The van der Waals surface area contributed by atoms with Gasteiger partial charge >= 0.3 is 6.18 Å². The standard InChI is InChI=1S/C21H19BrF3N3O/c22-11-1-2-14-3-7-16(8-4-14)18-13-19(21(23,24)25)27-28(18)17-9-5-15(6-10-17)12-20(26)29/h3-10,13H,1-2,11-12H2,(H2,26,29). The van der Waals surface area contributed by atoms with Crippen LogP contribution in [0.2, 0.25) is 0 Å². The quantitative estimate of drug-likeness (QED) is 0.503. The normalized spacial score (nSPS) is 11.6. The maximum atomic E-state index is 13.3. The van der Waals surface area contributed by atoms with E-state index in [2.05, 4.69) is 21.0 Å². The second-order valence-corrected chi connectivity index (χ2v) is 7.42. The Labute approximate surface area is 174 Å². The molecule has 1 aromatic heterocycles. The molecule has 1 heterocycles. The van der Waals surface area contributed by atoms with Crippen molar-refractivity contribution in [2.45, 2.75) is 25.4 Å². The molecule has 2 aromatic carbocycles. The van der Waals surface area contributed by atoms with E-state index < -0.39 is 17.8 Å². The van der Waals surface area contributed by atoms with Gasteiger partial charge in [0.2, 0.25) is 5.91 Å². The zero-order chi connectivity index (χ0) is 21.0. The number of halogens is 4. The van der Waals surface area contributed by atoms with Gasteiger partial charge in [-0.05, 0) is 42.2 Å². The van der Waals surface area contributed by atoms with Crippen LogP contribution in [0.5, 0.6) is 0 Å². The second-order valence-electron chi connectivity index (χ2n) is 6.62. The van der Waals surface area contributed by atoms with E-state index in [1.165, 1.54) is 4.68 Å². The van der Waals surface area contributed by atoms with Crippen LogP contribution in [0.3, 0.4) is 0 Å². The molecule has 4 nitrogen and oxygen atoms in total. The Morgan fingerprint density at radius 1 is 1.03 bits per heavy atom. The van der Waals surface area contributed by atoms with Crippen LogP contribution in [-0.4, -0.2) is 21.0 Å². The first-order valence-electron chi connectivity index (χ1n) is 8.98. The van der Waals surface area contributed by atoms with Gasteiger partial charge in [-0.15, -0.1) is 0 Å². The third-order valence-corrected chi connectivity index (χ3v) is 4.97. The van der Waals surface area contributed by atoms with Crippen molar-refractivity contribution < 1.29 is 18.0 Å². The molecule has 1 amide bonds. The summed E-state index contributed by atoms with van der Waals surface area (Å²) in [5, 5.41) is 4.68. The number of aryl methyl sites for hydroxylation is 1. The highest BCUT2D eigenvalue weighted by Crippen LogP contribution is 2.33. The molecule has 0 saturated carbocycles. The van der Waals surface area contributed by atoms with E-state index in [9.17, 15) is 18.0 Å². The van der Waals surface area contributed by atoms with Crippen molar-refractivity contribution in [3.63, 3.8) is 0 Å². The molecule has 0 aliphatic heterocycles. The van der Waals surface area contributed by atoms with Crippen LogP contribution >= 0.6 is 15.9 Å². The summed E-state index contributed by atoms with van der Waals surface area (Å²) in [6.07, 6.45) is -2.62. The van der Waals surface area contributed by atoms with Gasteiger partial charge in [0, 0.05) is 10.9 Å². The predicted octanol–water partition coefficient (Wildman–Crippen LogP) is 4.91. The zero-order valence-corrected chi connectivity index (χ0v) is 17.0. The smallest absolute Gasteiger partial charge is 0.369 e. The Morgan fingerprint density at radius 3 is 2.21 bits per heavy atom. The van der Waals surface area contributed by atoms with E-state index in [4.69, 9.17) is 5.73 Å². The summed E-state index contributed by atoms with van der Waals surface area (Å²) in [6, 6.07) is 15.0. The minimum Gasteiger partial charge on any atom is -0.369 e. The Hall–Kier alpha value is -2.61. The lowest BCUT2D eigenvalue weighted by molar-refractivity contribution is -0.141. The Bertz CT molecular complexity index is 980. The topological polar surface area (TPSA) is 60.9 Å². The van der Waals surface area contributed by atoms with Crippen LogP contribution in [0, 0.1) is 0 Å². The van der Waals surface area contributed by atoms with Crippen molar-refractivity contribution in [3.8, 4) is 16.9 Å². The molecular formula is C21H19BrF3N3O. The van der Waals surface area contributed by atoms with Gasteiger partial charge in [0.05, 0.1) is 17.8 Å². The van der Waals surface area contributed by atoms with Crippen LogP contribution < -0.4 is 5.73 Å². The molecule has 0 fully saturated rings. The third-order valence-electron chi connectivity index (χ3n) is 4.41. The van der Waals surface area contributed by atoms with Crippen LogP contribution in [0.15, 0.2) is 54.6 Å². The first-order chi connectivity index (χ1) is 13.8. The van der Waals surface area contributed by atoms with Gasteiger partial charge in [0.1, 0.15) is 0 Å². The average molecular weight is 466 g/mol. The average Bonchev–Trinajstić information content (AvgIpc) is 3.13. The number of alkyl halides is 4. The SMILES string of the molecule is NC(=O)Cc1ccc(-n2nc(C(F)(F)F)cc2-c2ccc(CCCBr)cc2)cc1. The number of hydrogen-bond acceptors (Lipinski definition) is 2. The molecule has 3 aromatic rings. The van der Waals surface area contributed by atoms with Gasteiger partial charge in [-0.1, -0.05) is 52.3 Å². The number of rotatable bonds is 7. The first-order valence-corrected chi connectivity index (χ1v) is 10.1. The van der Waals surface area contributed by atoms with Gasteiger partial charge < -0.3 is 5.73 Å². The number of benzene rings is 2. The monoisotopic (exact) mass is 465 g/mol. The van der Waals surface area contributed by atoms with Crippen LogP contribution in [-0.2, 0) is 23.8 Å². The van der Waals surface area contributed by atoms with E-state index in [0.717, 1.165) is 29.8 Å². The van der Waals surface area contributed by atoms with Gasteiger partial charge in [-0.3, -0.25) is 4.79 Å². The lowest BCUT2D eigenvalue weighted by Crippen LogP contribution is -2.13. The minimum atomic E-state index is -4.55. The van der Waals surface area contributed by atoms with Crippen molar-refractivity contribution in [1.82, 2.24) is 9.78 Å². The summed E-state index contributed by atoms with van der Waals surface area (Å²) in [7, 11) is 0. The molecule has 0 bridgehead atoms. The summed E-state index contributed by atoms with van der Waals surface area (Å²) in [4.78, 5) is 11.0. The number of carbonyl (C=O) groups is 1. The maximum absolute atomic E-state index is 13.3. The summed E-state index contributed by atoms with van der Waals surface area (Å²) in [5.74, 6) is -0.475. The van der Waals surface area contributed by atoms with Crippen LogP contribution in [0.1, 0.15) is 23.2 Å². The second kappa shape index (κ2) is 8.82. The van der Waals surface area contributed by atoms with E-state index in [-0.39, 0.29) is 6.42 Å². The summed E-state index contributed by atoms with van der Waals surface area (Å²) >= 11 is 3.39. The number of carbonyl (C=O) groups excluding carboxylic acids is 1. The van der Waals surface area contributed by atoms with E-state index in [1.807, 2.05) is 12.1 Å². The molecule has 0 spiro atoms. The van der Waals surface area contributed by atoms with E-state index in [0.29, 0.717) is 22.5 Å². The first kappa shape index (κ1) is 21.1. The third kappa shape index (κ3) is 5.26. The number of nitrogens with zero attached hydrogens (tertiary/aromatic N) is 2. The van der Waals surface area contributed by atoms with Crippen molar-refractivity contribution in [2.24, 2.45) is 5.73 Å². The highest BCUT2D eigenvalue weighted by molar-refractivity contribution is 9.09. The highest BCUT2D eigenvalue weighted by Gasteiger charge is 2.35. The lowest BCUT2D eigenvalue weighted by atomic mass is 10.1. The molecule has 8 heteroatoms. The molecular weight excluding hydrogens is 447 g/mol. The molecule has 0 atom stereocenters. The van der Waals surface area contributed by atoms with E-state index >= 15 is 0 Å². The van der Waals surface area contributed by atoms with Gasteiger partial charge in [0.25, 0.3) is 0 Å². The number of amides is 1. The molecule has 0 aliphatic carbocycles. The fourth-order valence-electron chi connectivity index (χ4n) is 2.99. The fraction of sp³-hybridized carbons (Fsp3) is 0.238. The van der Waals surface area contributed by atoms with Crippen molar-refractivity contribution in [2.75, 3.05) is 5.33 Å². The molecule has 0 saturated heterocycles. The number of nitrogens with two attached hydrogens (primary N) is 1. The van der Waals surface area contributed by atoms with Crippen LogP contribution in [0.4, 0.5) is 13.2 Å². The fourth-order valence-corrected chi connectivity index (χ4v) is 3.27. The summed E-state index contributed by atoms with van der Waals surface area (Å²) < 4.78 is 41.1. The molecule has 2 N–H and O–H groups in total. The maximum Gasteiger partial charge on any atom is 0.435 e. The summed E-state index contributed by atoms with van der Waals surface area (Å²) in [6.45, 7) is 0.